The van der Waals surface area contributed by atoms with Crippen molar-refractivity contribution < 1.29 is 9.84 Å². The van der Waals surface area contributed by atoms with Crippen molar-refractivity contribution >= 4 is 16.6 Å². The molecule has 4 rings (SSSR count). The van der Waals surface area contributed by atoms with Crippen LogP contribution in [0.4, 0.5) is 0 Å². The Balaban J connectivity index is 1.97. The molecule has 0 amide bonds. The van der Waals surface area contributed by atoms with Gasteiger partial charge in [0.25, 0.3) is 0 Å². The van der Waals surface area contributed by atoms with Crippen molar-refractivity contribution in [2.45, 2.75) is 25.7 Å². The van der Waals surface area contributed by atoms with Crippen LogP contribution < -0.4 is 4.74 Å². The molecule has 0 fully saturated rings. The summed E-state index contributed by atoms with van der Waals surface area (Å²) < 4.78 is 7.27. The Kier molecular flexibility index (Phi) is 3.69. The number of aromatic nitrogens is 3. The van der Waals surface area contributed by atoms with Crippen molar-refractivity contribution in [3.8, 4) is 17.3 Å². The lowest BCUT2D eigenvalue weighted by atomic mass is 9.95. The normalized spacial score (nSPS) is 14.6. The van der Waals surface area contributed by atoms with Crippen LogP contribution >= 0.6 is 0 Å². The molecule has 24 heavy (non-hydrogen) atoms. The van der Waals surface area contributed by atoms with Gasteiger partial charge in [-0.3, -0.25) is 0 Å². The highest BCUT2D eigenvalue weighted by Gasteiger charge is 2.19. The highest BCUT2D eigenvalue weighted by atomic mass is 16.5. The van der Waals surface area contributed by atoms with Gasteiger partial charge in [-0.1, -0.05) is 12.1 Å². The van der Waals surface area contributed by atoms with Crippen molar-refractivity contribution in [2.75, 3.05) is 7.11 Å². The fourth-order valence-corrected chi connectivity index (χ4v) is 3.32. The van der Waals surface area contributed by atoms with Crippen LogP contribution in [-0.2, 0) is 0 Å². The lowest BCUT2D eigenvalue weighted by Gasteiger charge is -2.11. The number of ether oxygens (including phenoxy) is 1. The second kappa shape index (κ2) is 6.00. The van der Waals surface area contributed by atoms with Crippen LogP contribution in [0.25, 0.3) is 22.3 Å². The summed E-state index contributed by atoms with van der Waals surface area (Å²) in [5.74, 6) is 0.759. The zero-order valence-electron chi connectivity index (χ0n) is 13.6. The van der Waals surface area contributed by atoms with E-state index in [1.807, 2.05) is 35.0 Å². The zero-order chi connectivity index (χ0) is 16.5. The Bertz CT molecular complexity index is 928. The lowest BCUT2D eigenvalue weighted by molar-refractivity contribution is 0.414. The maximum atomic E-state index is 10.3. The molecule has 1 aromatic carbocycles. The van der Waals surface area contributed by atoms with Crippen molar-refractivity contribution in [1.29, 1.82) is 0 Å². The van der Waals surface area contributed by atoms with Gasteiger partial charge in [-0.05, 0) is 43.4 Å². The van der Waals surface area contributed by atoms with Crippen molar-refractivity contribution in [2.24, 2.45) is 0 Å². The van der Waals surface area contributed by atoms with E-state index in [0.717, 1.165) is 35.4 Å². The predicted molar refractivity (Wildman–Crippen MR) is 93.5 cm³/mol. The number of rotatable bonds is 3. The van der Waals surface area contributed by atoms with Gasteiger partial charge >= 0.3 is 0 Å². The molecule has 5 heteroatoms. The first-order chi connectivity index (χ1) is 11.8. The summed E-state index contributed by atoms with van der Waals surface area (Å²) in [5.41, 5.74) is 4.70. The summed E-state index contributed by atoms with van der Waals surface area (Å²) in [6, 6.07) is 7.74. The Morgan fingerprint density at radius 3 is 2.92 bits per heavy atom. The van der Waals surface area contributed by atoms with Crippen LogP contribution in [0.1, 0.15) is 31.2 Å². The molecule has 3 aromatic rings. The van der Waals surface area contributed by atoms with E-state index in [1.54, 1.807) is 7.11 Å². The first-order valence-corrected chi connectivity index (χ1v) is 8.17. The number of allylic oxidation sites excluding steroid dienone is 2. The standard InChI is InChI=1S/C19H19N3O2/c1-24-15-9-5-8-14(10-15)22-11-16(13-6-3-2-4-7-13)17-18(22)19(23)21-12-20-17/h5-6,8-12H,2-4,7H2,1H3,(H,20,21,23). The molecular formula is C19H19N3O2. The number of methoxy groups -OCH3 is 1. The first kappa shape index (κ1) is 14.8. The average Bonchev–Trinajstić information content (AvgIpc) is 3.04. The van der Waals surface area contributed by atoms with E-state index in [9.17, 15) is 5.11 Å². The van der Waals surface area contributed by atoms with Gasteiger partial charge < -0.3 is 14.4 Å². The Morgan fingerprint density at radius 2 is 2.12 bits per heavy atom. The van der Waals surface area contributed by atoms with Crippen molar-refractivity contribution in [3.63, 3.8) is 0 Å². The Labute approximate surface area is 140 Å². The topological polar surface area (TPSA) is 60.2 Å². The smallest absolute Gasteiger partial charge is 0.239 e. The molecule has 0 saturated heterocycles. The van der Waals surface area contributed by atoms with E-state index >= 15 is 0 Å². The molecule has 5 nitrogen and oxygen atoms in total. The fourth-order valence-electron chi connectivity index (χ4n) is 3.32. The minimum absolute atomic E-state index is 0.00882. The summed E-state index contributed by atoms with van der Waals surface area (Å²) >= 11 is 0. The van der Waals surface area contributed by atoms with Crippen molar-refractivity contribution in [1.82, 2.24) is 14.5 Å². The third kappa shape index (κ3) is 2.42. The van der Waals surface area contributed by atoms with Gasteiger partial charge in [0.1, 0.15) is 23.1 Å². The molecule has 122 valence electrons. The quantitative estimate of drug-likeness (QED) is 0.789. The van der Waals surface area contributed by atoms with Crippen LogP contribution in [0.5, 0.6) is 11.6 Å². The Hall–Kier alpha value is -2.82. The summed E-state index contributed by atoms with van der Waals surface area (Å²) in [6.07, 6.45) is 10.3. The monoisotopic (exact) mass is 321 g/mol. The molecule has 2 heterocycles. The van der Waals surface area contributed by atoms with E-state index in [0.29, 0.717) is 5.52 Å². The third-order valence-electron chi connectivity index (χ3n) is 4.53. The largest absolute Gasteiger partial charge is 0.497 e. The zero-order valence-corrected chi connectivity index (χ0v) is 13.6. The van der Waals surface area contributed by atoms with Gasteiger partial charge in [0.05, 0.1) is 7.11 Å². The summed E-state index contributed by atoms with van der Waals surface area (Å²) in [5, 5.41) is 10.3. The van der Waals surface area contributed by atoms with E-state index in [4.69, 9.17) is 4.74 Å². The van der Waals surface area contributed by atoms with E-state index in [-0.39, 0.29) is 5.88 Å². The van der Waals surface area contributed by atoms with E-state index in [2.05, 4.69) is 16.0 Å². The molecule has 0 spiro atoms. The third-order valence-corrected chi connectivity index (χ3v) is 4.53. The summed E-state index contributed by atoms with van der Waals surface area (Å²) in [6.45, 7) is 0. The molecule has 2 aromatic heterocycles. The van der Waals surface area contributed by atoms with Crippen molar-refractivity contribution in [3.05, 3.63) is 48.4 Å². The van der Waals surface area contributed by atoms with Crippen LogP contribution in [-0.4, -0.2) is 26.8 Å². The molecule has 0 atom stereocenters. The molecule has 0 unspecified atom stereocenters. The molecule has 1 aliphatic carbocycles. The number of nitrogens with zero attached hydrogens (tertiary/aromatic N) is 3. The summed E-state index contributed by atoms with van der Waals surface area (Å²) in [7, 11) is 1.64. The molecule has 0 bridgehead atoms. The highest BCUT2D eigenvalue weighted by molar-refractivity contribution is 5.93. The predicted octanol–water partition coefficient (Wildman–Crippen LogP) is 4.09. The number of hydrogen-bond donors (Lipinski definition) is 1. The maximum Gasteiger partial charge on any atom is 0.239 e. The second-order valence-electron chi connectivity index (χ2n) is 5.98. The van der Waals surface area contributed by atoms with Gasteiger partial charge in [0, 0.05) is 23.5 Å². The average molecular weight is 321 g/mol. The molecule has 1 aliphatic rings. The maximum absolute atomic E-state index is 10.3. The van der Waals surface area contributed by atoms with Gasteiger partial charge in [-0.15, -0.1) is 0 Å². The van der Waals surface area contributed by atoms with Crippen LogP contribution in [0.3, 0.4) is 0 Å². The van der Waals surface area contributed by atoms with Gasteiger partial charge in [-0.2, -0.15) is 0 Å². The molecule has 0 aliphatic heterocycles. The molecule has 0 saturated carbocycles. The molecule has 0 radical (unpaired) electrons. The second-order valence-corrected chi connectivity index (χ2v) is 5.98. The van der Waals surface area contributed by atoms with E-state index in [1.165, 1.54) is 24.7 Å². The number of aromatic hydroxyl groups is 1. The highest BCUT2D eigenvalue weighted by Crippen LogP contribution is 2.36. The number of fused-ring (bicyclic) bond motifs is 1. The lowest BCUT2D eigenvalue weighted by Crippen LogP contribution is -1.94. The number of benzene rings is 1. The number of hydrogen-bond acceptors (Lipinski definition) is 4. The minimum Gasteiger partial charge on any atom is -0.497 e. The fraction of sp³-hybridized carbons (Fsp3) is 0.263. The minimum atomic E-state index is -0.00882. The van der Waals surface area contributed by atoms with Gasteiger partial charge in [0.15, 0.2) is 0 Å². The molecular weight excluding hydrogens is 302 g/mol. The van der Waals surface area contributed by atoms with E-state index < -0.39 is 0 Å². The van der Waals surface area contributed by atoms with Crippen LogP contribution in [0.2, 0.25) is 0 Å². The van der Waals surface area contributed by atoms with Gasteiger partial charge in [0.2, 0.25) is 5.88 Å². The van der Waals surface area contributed by atoms with Crippen LogP contribution in [0, 0.1) is 0 Å². The van der Waals surface area contributed by atoms with Crippen LogP contribution in [0.15, 0.2) is 42.9 Å². The first-order valence-electron chi connectivity index (χ1n) is 8.17. The van der Waals surface area contributed by atoms with Gasteiger partial charge in [-0.25, -0.2) is 9.97 Å². The summed E-state index contributed by atoms with van der Waals surface area (Å²) in [4.78, 5) is 8.41. The molecule has 1 N–H and O–H groups in total. The Morgan fingerprint density at radius 1 is 1.21 bits per heavy atom. The SMILES string of the molecule is COc1cccc(-n2cc(C3=CCCCC3)c3ncnc(O)c32)c1.